The van der Waals surface area contributed by atoms with E-state index < -0.39 is 12.0 Å². The minimum atomic E-state index is -0.764. The molecular formula is C14H28N2O3. The van der Waals surface area contributed by atoms with Gasteiger partial charge in [-0.1, -0.05) is 27.2 Å². The number of nitrogens with one attached hydrogen (secondary N) is 1. The Morgan fingerprint density at radius 1 is 1.21 bits per heavy atom. The van der Waals surface area contributed by atoms with Gasteiger partial charge >= 0.3 is 5.97 Å². The Bertz CT molecular complexity index is 280. The second-order valence-corrected chi connectivity index (χ2v) is 5.41. The van der Waals surface area contributed by atoms with Gasteiger partial charge in [-0.2, -0.15) is 0 Å². The lowest BCUT2D eigenvalue weighted by Gasteiger charge is -2.20. The maximum atomic E-state index is 11.6. The van der Waals surface area contributed by atoms with Gasteiger partial charge < -0.3 is 16.2 Å². The number of rotatable bonds is 10. The van der Waals surface area contributed by atoms with Crippen LogP contribution in [0.2, 0.25) is 0 Å². The van der Waals surface area contributed by atoms with E-state index in [1.807, 2.05) is 6.92 Å². The summed E-state index contributed by atoms with van der Waals surface area (Å²) in [6.45, 7) is 6.72. The standard InChI is InChI=1S/C14H28N2O3/c1-4-5-12(15)14(19)16-9-8-11(10(2)3)6-7-13(17)18/h10-12H,4-9,15H2,1-3H3,(H,16,19)(H,17,18). The van der Waals surface area contributed by atoms with Gasteiger partial charge in [-0.15, -0.1) is 0 Å². The van der Waals surface area contributed by atoms with Gasteiger partial charge in [0.25, 0.3) is 0 Å². The fourth-order valence-electron chi connectivity index (χ4n) is 2.07. The Morgan fingerprint density at radius 2 is 1.84 bits per heavy atom. The fraction of sp³-hybridized carbons (Fsp3) is 0.857. The first-order valence-corrected chi connectivity index (χ1v) is 7.13. The molecule has 0 fully saturated rings. The second-order valence-electron chi connectivity index (χ2n) is 5.41. The highest BCUT2D eigenvalue weighted by molar-refractivity contribution is 5.81. The summed E-state index contributed by atoms with van der Waals surface area (Å²) in [5.41, 5.74) is 5.71. The number of carbonyl (C=O) groups excluding carboxylic acids is 1. The van der Waals surface area contributed by atoms with Crippen LogP contribution in [0.4, 0.5) is 0 Å². The quantitative estimate of drug-likeness (QED) is 0.565. The van der Waals surface area contributed by atoms with Crippen molar-refractivity contribution in [3.05, 3.63) is 0 Å². The van der Waals surface area contributed by atoms with E-state index in [2.05, 4.69) is 19.2 Å². The van der Waals surface area contributed by atoms with Crippen LogP contribution in [0.5, 0.6) is 0 Å². The molecule has 4 N–H and O–H groups in total. The molecule has 0 aliphatic heterocycles. The monoisotopic (exact) mass is 272 g/mol. The number of aliphatic carboxylic acids is 1. The third kappa shape index (κ3) is 8.59. The zero-order valence-electron chi connectivity index (χ0n) is 12.3. The molecule has 2 atom stereocenters. The molecule has 0 aromatic rings. The number of carboxylic acids is 1. The summed E-state index contributed by atoms with van der Waals surface area (Å²) in [4.78, 5) is 22.2. The molecule has 0 saturated heterocycles. The Balaban J connectivity index is 3.98. The molecule has 0 saturated carbocycles. The predicted molar refractivity (Wildman–Crippen MR) is 75.7 cm³/mol. The number of carboxylic acid groups (broad SMARTS) is 1. The highest BCUT2D eigenvalue weighted by atomic mass is 16.4. The molecule has 5 nitrogen and oxygen atoms in total. The van der Waals surface area contributed by atoms with E-state index in [0.717, 1.165) is 12.8 Å². The third-order valence-electron chi connectivity index (χ3n) is 3.42. The number of hydrogen-bond donors (Lipinski definition) is 3. The van der Waals surface area contributed by atoms with E-state index in [1.165, 1.54) is 0 Å². The molecule has 0 aromatic carbocycles. The molecule has 0 rings (SSSR count). The van der Waals surface area contributed by atoms with E-state index in [1.54, 1.807) is 0 Å². The molecule has 0 spiro atoms. The summed E-state index contributed by atoms with van der Waals surface area (Å²) < 4.78 is 0. The Morgan fingerprint density at radius 3 is 2.32 bits per heavy atom. The van der Waals surface area contributed by atoms with Crippen LogP contribution >= 0.6 is 0 Å². The molecule has 0 aliphatic rings. The minimum absolute atomic E-state index is 0.109. The molecule has 0 aromatic heterocycles. The van der Waals surface area contributed by atoms with Gasteiger partial charge in [-0.05, 0) is 31.1 Å². The van der Waals surface area contributed by atoms with Gasteiger partial charge in [0.2, 0.25) is 5.91 Å². The van der Waals surface area contributed by atoms with Gasteiger partial charge in [0, 0.05) is 13.0 Å². The molecular weight excluding hydrogens is 244 g/mol. The highest BCUT2D eigenvalue weighted by Crippen LogP contribution is 2.20. The van der Waals surface area contributed by atoms with Crippen molar-refractivity contribution in [3.63, 3.8) is 0 Å². The predicted octanol–water partition coefficient (Wildman–Crippen LogP) is 1.76. The lowest BCUT2D eigenvalue weighted by molar-refractivity contribution is -0.137. The molecule has 0 bridgehead atoms. The number of hydrogen-bond acceptors (Lipinski definition) is 3. The topological polar surface area (TPSA) is 92.4 Å². The summed E-state index contributed by atoms with van der Waals surface area (Å²) in [5, 5.41) is 11.5. The Labute approximate surface area is 115 Å². The van der Waals surface area contributed by atoms with E-state index in [-0.39, 0.29) is 12.3 Å². The molecule has 112 valence electrons. The Hall–Kier alpha value is -1.10. The second kappa shape index (κ2) is 9.78. The van der Waals surface area contributed by atoms with Gasteiger partial charge in [0.15, 0.2) is 0 Å². The van der Waals surface area contributed by atoms with Crippen LogP contribution in [0.15, 0.2) is 0 Å². The number of nitrogens with two attached hydrogens (primary N) is 1. The third-order valence-corrected chi connectivity index (χ3v) is 3.42. The summed E-state index contributed by atoms with van der Waals surface area (Å²) in [5.74, 6) is -0.137. The van der Waals surface area contributed by atoms with Crippen LogP contribution in [0.1, 0.15) is 52.9 Å². The van der Waals surface area contributed by atoms with Crippen molar-refractivity contribution in [1.29, 1.82) is 0 Å². The van der Waals surface area contributed by atoms with Crippen LogP contribution in [0.3, 0.4) is 0 Å². The van der Waals surface area contributed by atoms with Crippen LogP contribution in [-0.4, -0.2) is 29.6 Å². The van der Waals surface area contributed by atoms with E-state index in [4.69, 9.17) is 10.8 Å². The normalized spacial score (nSPS) is 14.2. The first kappa shape index (κ1) is 17.9. The average molecular weight is 272 g/mol. The molecule has 0 heterocycles. The zero-order valence-corrected chi connectivity index (χ0v) is 12.3. The molecule has 0 radical (unpaired) electrons. The van der Waals surface area contributed by atoms with Crippen molar-refractivity contribution in [2.45, 2.75) is 58.9 Å². The molecule has 5 heteroatoms. The van der Waals surface area contributed by atoms with Crippen LogP contribution in [0.25, 0.3) is 0 Å². The fourth-order valence-corrected chi connectivity index (χ4v) is 2.07. The largest absolute Gasteiger partial charge is 0.481 e. The van der Waals surface area contributed by atoms with Crippen molar-refractivity contribution in [3.8, 4) is 0 Å². The summed E-state index contributed by atoms with van der Waals surface area (Å²) >= 11 is 0. The average Bonchev–Trinajstić information content (AvgIpc) is 2.32. The molecule has 1 amide bonds. The minimum Gasteiger partial charge on any atom is -0.481 e. The van der Waals surface area contributed by atoms with E-state index >= 15 is 0 Å². The maximum Gasteiger partial charge on any atom is 0.303 e. The summed E-state index contributed by atoms with van der Waals surface area (Å²) in [6.07, 6.45) is 3.23. The smallest absolute Gasteiger partial charge is 0.303 e. The molecule has 19 heavy (non-hydrogen) atoms. The Kier molecular flexibility index (Phi) is 9.21. The van der Waals surface area contributed by atoms with Gasteiger partial charge in [-0.3, -0.25) is 9.59 Å². The number of carbonyl (C=O) groups is 2. The van der Waals surface area contributed by atoms with Crippen molar-refractivity contribution >= 4 is 11.9 Å². The van der Waals surface area contributed by atoms with E-state index in [0.29, 0.717) is 31.2 Å². The number of amides is 1. The van der Waals surface area contributed by atoms with Crippen molar-refractivity contribution in [2.24, 2.45) is 17.6 Å². The maximum absolute atomic E-state index is 11.6. The van der Waals surface area contributed by atoms with Gasteiger partial charge in [0.1, 0.15) is 0 Å². The summed E-state index contributed by atoms with van der Waals surface area (Å²) in [6, 6.07) is -0.429. The molecule has 0 aliphatic carbocycles. The highest BCUT2D eigenvalue weighted by Gasteiger charge is 2.16. The van der Waals surface area contributed by atoms with Crippen molar-refractivity contribution in [2.75, 3.05) is 6.54 Å². The zero-order chi connectivity index (χ0) is 14.8. The van der Waals surface area contributed by atoms with Crippen LogP contribution in [0, 0.1) is 11.8 Å². The lowest BCUT2D eigenvalue weighted by Crippen LogP contribution is -2.41. The first-order chi connectivity index (χ1) is 8.88. The first-order valence-electron chi connectivity index (χ1n) is 7.13. The lowest BCUT2D eigenvalue weighted by atomic mass is 9.88. The van der Waals surface area contributed by atoms with Crippen molar-refractivity contribution in [1.82, 2.24) is 5.32 Å². The molecule has 2 unspecified atom stereocenters. The summed E-state index contributed by atoms with van der Waals surface area (Å²) in [7, 11) is 0. The van der Waals surface area contributed by atoms with Crippen LogP contribution < -0.4 is 11.1 Å². The van der Waals surface area contributed by atoms with Gasteiger partial charge in [-0.25, -0.2) is 0 Å². The van der Waals surface area contributed by atoms with E-state index in [9.17, 15) is 9.59 Å². The SMILES string of the molecule is CCCC(N)C(=O)NCCC(CCC(=O)O)C(C)C. The van der Waals surface area contributed by atoms with Crippen molar-refractivity contribution < 1.29 is 14.7 Å². The van der Waals surface area contributed by atoms with Crippen LogP contribution in [-0.2, 0) is 9.59 Å². The van der Waals surface area contributed by atoms with Gasteiger partial charge in [0.05, 0.1) is 6.04 Å².